The molecule has 0 aromatic heterocycles. The average Bonchev–Trinajstić information content (AvgIpc) is 2.49. The summed E-state index contributed by atoms with van der Waals surface area (Å²) >= 11 is 0. The van der Waals surface area contributed by atoms with Crippen LogP contribution >= 0.6 is 24.0 Å². The van der Waals surface area contributed by atoms with Crippen molar-refractivity contribution in [3.8, 4) is 0 Å². The van der Waals surface area contributed by atoms with Crippen molar-refractivity contribution >= 4 is 29.9 Å². The van der Waals surface area contributed by atoms with Crippen molar-refractivity contribution in [2.24, 2.45) is 10.7 Å². The fourth-order valence-corrected chi connectivity index (χ4v) is 2.31. The molecule has 1 saturated heterocycles. The van der Waals surface area contributed by atoms with Gasteiger partial charge in [-0.15, -0.1) is 24.0 Å². The second-order valence-corrected chi connectivity index (χ2v) is 5.19. The minimum Gasteiger partial charge on any atom is -0.378 e. The number of benzene rings is 1. The van der Waals surface area contributed by atoms with E-state index in [0.29, 0.717) is 12.5 Å². The number of halogens is 1. The lowest BCUT2D eigenvalue weighted by atomic mass is 10.1. The van der Waals surface area contributed by atoms with E-state index in [1.165, 1.54) is 5.56 Å². The molecule has 1 aromatic carbocycles. The Morgan fingerprint density at radius 2 is 1.90 bits per heavy atom. The summed E-state index contributed by atoms with van der Waals surface area (Å²) in [7, 11) is 4.14. The molecule has 1 unspecified atom stereocenters. The van der Waals surface area contributed by atoms with E-state index in [1.807, 2.05) is 6.07 Å². The number of hydrogen-bond donors (Lipinski definition) is 1. The molecule has 0 amide bonds. The zero-order valence-electron chi connectivity index (χ0n) is 12.7. The first-order chi connectivity index (χ1) is 9.68. The van der Waals surface area contributed by atoms with Crippen LogP contribution in [0.3, 0.4) is 0 Å². The molecule has 5 nitrogen and oxygen atoms in total. The maximum atomic E-state index is 6.08. The van der Waals surface area contributed by atoms with Gasteiger partial charge < -0.3 is 20.3 Å². The highest BCUT2D eigenvalue weighted by atomic mass is 127. The first kappa shape index (κ1) is 18.2. The number of ether oxygens (including phenoxy) is 1. The van der Waals surface area contributed by atoms with Crippen molar-refractivity contribution in [1.29, 1.82) is 0 Å². The predicted molar refractivity (Wildman–Crippen MR) is 97.2 cm³/mol. The van der Waals surface area contributed by atoms with Gasteiger partial charge in [0.05, 0.1) is 25.8 Å². The van der Waals surface area contributed by atoms with Crippen LogP contribution in [0, 0.1) is 0 Å². The Morgan fingerprint density at radius 3 is 2.48 bits per heavy atom. The molecule has 6 heteroatoms. The second kappa shape index (κ2) is 9.22. The monoisotopic (exact) mass is 404 g/mol. The maximum absolute atomic E-state index is 6.08. The molecule has 0 saturated carbocycles. The zero-order chi connectivity index (χ0) is 14.4. The summed E-state index contributed by atoms with van der Waals surface area (Å²) in [6.07, 6.45) is 0. The topological polar surface area (TPSA) is 54.1 Å². The van der Waals surface area contributed by atoms with E-state index < -0.39 is 0 Å². The van der Waals surface area contributed by atoms with Crippen LogP contribution in [0.4, 0.5) is 0 Å². The first-order valence-corrected chi connectivity index (χ1v) is 7.02. The average molecular weight is 404 g/mol. The van der Waals surface area contributed by atoms with Gasteiger partial charge in [0.25, 0.3) is 0 Å². The largest absolute Gasteiger partial charge is 0.378 e. The molecule has 21 heavy (non-hydrogen) atoms. The summed E-state index contributed by atoms with van der Waals surface area (Å²) in [6.45, 7) is 3.78. The van der Waals surface area contributed by atoms with Gasteiger partial charge in [0.2, 0.25) is 0 Å². The molecule has 0 spiro atoms. The quantitative estimate of drug-likeness (QED) is 0.470. The number of nitrogens with zero attached hydrogens (tertiary/aromatic N) is 3. The van der Waals surface area contributed by atoms with Gasteiger partial charge in [-0.3, -0.25) is 4.99 Å². The molecule has 1 fully saturated rings. The van der Waals surface area contributed by atoms with Gasteiger partial charge in [-0.2, -0.15) is 0 Å². The smallest absolute Gasteiger partial charge is 0.191 e. The van der Waals surface area contributed by atoms with Gasteiger partial charge in [-0.1, -0.05) is 30.3 Å². The number of rotatable bonds is 4. The fraction of sp³-hybridized carbons (Fsp3) is 0.533. The zero-order valence-corrected chi connectivity index (χ0v) is 15.1. The maximum Gasteiger partial charge on any atom is 0.191 e. The molecule has 1 heterocycles. The van der Waals surface area contributed by atoms with Crippen molar-refractivity contribution < 1.29 is 4.74 Å². The van der Waals surface area contributed by atoms with Gasteiger partial charge in [0, 0.05) is 13.1 Å². The van der Waals surface area contributed by atoms with Crippen molar-refractivity contribution in [1.82, 2.24) is 9.80 Å². The van der Waals surface area contributed by atoms with Crippen LogP contribution in [-0.2, 0) is 4.74 Å². The van der Waals surface area contributed by atoms with Gasteiger partial charge in [0.15, 0.2) is 5.96 Å². The predicted octanol–water partition coefficient (Wildman–Crippen LogP) is 1.55. The second-order valence-electron chi connectivity index (χ2n) is 5.19. The highest BCUT2D eigenvalue weighted by Gasteiger charge is 2.16. The summed E-state index contributed by atoms with van der Waals surface area (Å²) in [5.41, 5.74) is 7.34. The van der Waals surface area contributed by atoms with E-state index in [0.717, 1.165) is 26.3 Å². The van der Waals surface area contributed by atoms with E-state index in [1.54, 1.807) is 0 Å². The molecule has 1 aromatic rings. The Bertz CT molecular complexity index is 433. The molecule has 0 bridgehead atoms. The number of hydrogen-bond acceptors (Lipinski definition) is 3. The Hall–Kier alpha value is -0.860. The van der Waals surface area contributed by atoms with E-state index in [-0.39, 0.29) is 30.0 Å². The minimum absolute atomic E-state index is 0. The van der Waals surface area contributed by atoms with Crippen LogP contribution in [-0.4, -0.2) is 62.7 Å². The molecular formula is C15H25IN4O. The summed E-state index contributed by atoms with van der Waals surface area (Å²) in [4.78, 5) is 8.83. The Morgan fingerprint density at radius 1 is 1.29 bits per heavy atom. The standard InChI is InChI=1S/C15H24N4O.HI/c1-18(2)14(13-6-4-3-5-7-13)12-17-15(16)19-8-10-20-11-9-19;/h3-7,14H,8-12H2,1-2H3,(H2,16,17);1H. The molecule has 1 aliphatic heterocycles. The fourth-order valence-electron chi connectivity index (χ4n) is 2.31. The van der Waals surface area contributed by atoms with E-state index in [2.05, 4.69) is 53.2 Å². The number of guanidine groups is 1. The first-order valence-electron chi connectivity index (χ1n) is 7.02. The lowest BCUT2D eigenvalue weighted by Crippen LogP contribution is -2.45. The van der Waals surface area contributed by atoms with E-state index >= 15 is 0 Å². The Balaban J connectivity index is 0.00000220. The summed E-state index contributed by atoms with van der Waals surface area (Å²) in [6, 6.07) is 10.6. The third-order valence-electron chi connectivity index (χ3n) is 3.57. The molecular weight excluding hydrogens is 379 g/mol. The van der Waals surface area contributed by atoms with Crippen LogP contribution in [0.2, 0.25) is 0 Å². The van der Waals surface area contributed by atoms with Crippen molar-refractivity contribution in [2.75, 3.05) is 46.9 Å². The molecule has 2 N–H and O–H groups in total. The number of morpholine rings is 1. The van der Waals surface area contributed by atoms with Crippen LogP contribution < -0.4 is 5.73 Å². The lowest BCUT2D eigenvalue weighted by Gasteiger charge is -2.28. The summed E-state index contributed by atoms with van der Waals surface area (Å²) < 4.78 is 5.32. The molecule has 0 radical (unpaired) electrons. The molecule has 1 atom stereocenters. The molecule has 1 aliphatic rings. The highest BCUT2D eigenvalue weighted by molar-refractivity contribution is 14.0. The Kier molecular flexibility index (Phi) is 7.98. The lowest BCUT2D eigenvalue weighted by molar-refractivity contribution is 0.0673. The van der Waals surface area contributed by atoms with Crippen LogP contribution in [0.1, 0.15) is 11.6 Å². The number of likely N-dealkylation sites (N-methyl/N-ethyl adjacent to an activating group) is 1. The van der Waals surface area contributed by atoms with Crippen molar-refractivity contribution in [3.05, 3.63) is 35.9 Å². The van der Waals surface area contributed by atoms with E-state index in [4.69, 9.17) is 10.5 Å². The molecule has 118 valence electrons. The summed E-state index contributed by atoms with van der Waals surface area (Å²) in [5.74, 6) is 0.621. The summed E-state index contributed by atoms with van der Waals surface area (Å²) in [5, 5.41) is 0. The molecule has 2 rings (SSSR count). The van der Waals surface area contributed by atoms with Gasteiger partial charge in [0.1, 0.15) is 0 Å². The van der Waals surface area contributed by atoms with Crippen molar-refractivity contribution in [2.45, 2.75) is 6.04 Å². The van der Waals surface area contributed by atoms with Gasteiger partial charge in [-0.25, -0.2) is 0 Å². The third-order valence-corrected chi connectivity index (χ3v) is 3.57. The van der Waals surface area contributed by atoms with Crippen LogP contribution in [0.5, 0.6) is 0 Å². The van der Waals surface area contributed by atoms with Crippen LogP contribution in [0.15, 0.2) is 35.3 Å². The highest BCUT2D eigenvalue weighted by Crippen LogP contribution is 2.18. The number of aliphatic imine (C=N–C) groups is 1. The van der Waals surface area contributed by atoms with Crippen molar-refractivity contribution in [3.63, 3.8) is 0 Å². The third kappa shape index (κ3) is 5.44. The van der Waals surface area contributed by atoms with Gasteiger partial charge >= 0.3 is 0 Å². The van der Waals surface area contributed by atoms with Crippen LogP contribution in [0.25, 0.3) is 0 Å². The normalized spacial score (nSPS) is 17.5. The Labute approximate surface area is 144 Å². The minimum atomic E-state index is 0. The molecule has 0 aliphatic carbocycles. The van der Waals surface area contributed by atoms with Gasteiger partial charge in [-0.05, 0) is 19.7 Å². The SMILES string of the molecule is CN(C)C(CN=C(N)N1CCOCC1)c1ccccc1.I. The number of nitrogens with two attached hydrogens (primary N) is 1. The van der Waals surface area contributed by atoms with E-state index in [9.17, 15) is 0 Å².